The largest absolute Gasteiger partial charge is 0.387 e. The van der Waals surface area contributed by atoms with E-state index in [1.807, 2.05) is 42.5 Å². The lowest BCUT2D eigenvalue weighted by molar-refractivity contribution is 0.191. The Kier molecular flexibility index (Phi) is 4.77. The van der Waals surface area contributed by atoms with Crippen molar-refractivity contribution in [1.82, 2.24) is 9.97 Å². The van der Waals surface area contributed by atoms with Crippen LogP contribution in [0.4, 0.5) is 10.2 Å². The molecular formula is C22H18FN3O. The van der Waals surface area contributed by atoms with Crippen molar-refractivity contribution in [3.05, 3.63) is 90.5 Å². The Balaban J connectivity index is 1.47. The zero-order valence-corrected chi connectivity index (χ0v) is 14.5. The summed E-state index contributed by atoms with van der Waals surface area (Å²) >= 11 is 0. The number of nitrogens with one attached hydrogen (secondary N) is 1. The molecule has 0 saturated carbocycles. The Bertz CT molecular complexity index is 1070. The van der Waals surface area contributed by atoms with Crippen LogP contribution in [-0.2, 0) is 0 Å². The van der Waals surface area contributed by atoms with Crippen molar-refractivity contribution in [3.8, 4) is 11.3 Å². The highest BCUT2D eigenvalue weighted by molar-refractivity contribution is 5.83. The third-order valence-corrected chi connectivity index (χ3v) is 4.41. The maximum absolute atomic E-state index is 13.1. The lowest BCUT2D eigenvalue weighted by Gasteiger charge is -2.14. The van der Waals surface area contributed by atoms with E-state index in [2.05, 4.69) is 15.3 Å². The van der Waals surface area contributed by atoms with Gasteiger partial charge in [0.1, 0.15) is 11.6 Å². The van der Waals surface area contributed by atoms with Crippen molar-refractivity contribution in [2.75, 3.05) is 11.9 Å². The Labute approximate surface area is 156 Å². The monoisotopic (exact) mass is 359 g/mol. The molecule has 1 atom stereocenters. The highest BCUT2D eigenvalue weighted by atomic mass is 19.1. The summed E-state index contributed by atoms with van der Waals surface area (Å²) in [6.07, 6.45) is 2.55. The SMILES string of the molecule is OC(CNc1cncc(-c2ccc(F)cc2)n1)c1ccc2ccccc2c1. The quantitative estimate of drug-likeness (QED) is 0.548. The number of rotatable bonds is 5. The van der Waals surface area contributed by atoms with E-state index >= 15 is 0 Å². The van der Waals surface area contributed by atoms with Crippen molar-refractivity contribution in [1.29, 1.82) is 0 Å². The van der Waals surface area contributed by atoms with E-state index in [-0.39, 0.29) is 5.82 Å². The highest BCUT2D eigenvalue weighted by Gasteiger charge is 2.09. The van der Waals surface area contributed by atoms with Gasteiger partial charge in [-0.2, -0.15) is 0 Å². The smallest absolute Gasteiger partial charge is 0.145 e. The molecule has 0 saturated heterocycles. The molecule has 0 aliphatic heterocycles. The summed E-state index contributed by atoms with van der Waals surface area (Å²) in [6, 6.07) is 20.1. The first-order valence-corrected chi connectivity index (χ1v) is 8.68. The van der Waals surface area contributed by atoms with Gasteiger partial charge in [-0.15, -0.1) is 0 Å². The van der Waals surface area contributed by atoms with E-state index in [0.29, 0.717) is 18.1 Å². The van der Waals surface area contributed by atoms with Crippen LogP contribution in [0.2, 0.25) is 0 Å². The molecule has 1 unspecified atom stereocenters. The standard InChI is InChI=1S/C22H18FN3O/c23-19-9-7-16(8-10-19)20-12-24-14-22(26-20)25-13-21(27)18-6-5-15-3-1-2-4-17(15)11-18/h1-12,14,21,27H,13H2,(H,25,26). The average molecular weight is 359 g/mol. The number of aliphatic hydroxyl groups excluding tert-OH is 1. The molecule has 4 nitrogen and oxygen atoms in total. The fourth-order valence-electron chi connectivity index (χ4n) is 2.95. The van der Waals surface area contributed by atoms with E-state index in [0.717, 1.165) is 21.9 Å². The van der Waals surface area contributed by atoms with Crippen LogP contribution in [0.3, 0.4) is 0 Å². The zero-order valence-electron chi connectivity index (χ0n) is 14.5. The lowest BCUT2D eigenvalue weighted by atomic mass is 10.0. The van der Waals surface area contributed by atoms with Gasteiger partial charge in [0.05, 0.1) is 24.2 Å². The second-order valence-electron chi connectivity index (χ2n) is 6.30. The van der Waals surface area contributed by atoms with Crippen LogP contribution in [0.15, 0.2) is 79.1 Å². The van der Waals surface area contributed by atoms with Crippen LogP contribution in [0.1, 0.15) is 11.7 Å². The Morgan fingerprint density at radius 1 is 0.926 bits per heavy atom. The van der Waals surface area contributed by atoms with Crippen molar-refractivity contribution >= 4 is 16.6 Å². The number of anilines is 1. The van der Waals surface area contributed by atoms with Crippen molar-refractivity contribution in [3.63, 3.8) is 0 Å². The molecule has 134 valence electrons. The van der Waals surface area contributed by atoms with E-state index < -0.39 is 6.10 Å². The molecular weight excluding hydrogens is 341 g/mol. The van der Waals surface area contributed by atoms with Crippen molar-refractivity contribution in [2.24, 2.45) is 0 Å². The van der Waals surface area contributed by atoms with Gasteiger partial charge in [0.25, 0.3) is 0 Å². The van der Waals surface area contributed by atoms with Crippen LogP contribution in [0, 0.1) is 5.82 Å². The van der Waals surface area contributed by atoms with E-state index in [9.17, 15) is 9.50 Å². The van der Waals surface area contributed by atoms with Crippen LogP contribution in [-0.4, -0.2) is 21.6 Å². The molecule has 0 amide bonds. The first kappa shape index (κ1) is 17.1. The second-order valence-corrected chi connectivity index (χ2v) is 6.30. The number of nitrogens with zero attached hydrogens (tertiary/aromatic N) is 2. The van der Waals surface area contributed by atoms with Gasteiger partial charge in [-0.05, 0) is 46.7 Å². The molecule has 27 heavy (non-hydrogen) atoms. The molecule has 2 N–H and O–H groups in total. The number of aromatic nitrogens is 2. The Hall–Kier alpha value is -3.31. The zero-order chi connectivity index (χ0) is 18.6. The van der Waals surface area contributed by atoms with Gasteiger partial charge in [-0.3, -0.25) is 4.98 Å². The first-order valence-electron chi connectivity index (χ1n) is 8.68. The van der Waals surface area contributed by atoms with Crippen LogP contribution in [0.5, 0.6) is 0 Å². The summed E-state index contributed by atoms with van der Waals surface area (Å²) in [5, 5.41) is 15.8. The number of benzene rings is 3. The van der Waals surface area contributed by atoms with Gasteiger partial charge in [-0.25, -0.2) is 9.37 Å². The predicted molar refractivity (Wildman–Crippen MR) is 105 cm³/mol. The topological polar surface area (TPSA) is 58.0 Å². The molecule has 0 aliphatic rings. The van der Waals surface area contributed by atoms with Gasteiger partial charge in [0.2, 0.25) is 0 Å². The molecule has 0 radical (unpaired) electrons. The van der Waals surface area contributed by atoms with E-state index in [1.165, 1.54) is 12.1 Å². The fraction of sp³-hybridized carbons (Fsp3) is 0.0909. The molecule has 4 aromatic rings. The van der Waals surface area contributed by atoms with Gasteiger partial charge < -0.3 is 10.4 Å². The van der Waals surface area contributed by atoms with E-state index in [1.54, 1.807) is 24.5 Å². The molecule has 0 aliphatic carbocycles. The van der Waals surface area contributed by atoms with E-state index in [4.69, 9.17) is 0 Å². The number of hydrogen-bond acceptors (Lipinski definition) is 4. The van der Waals surface area contributed by atoms with Gasteiger partial charge >= 0.3 is 0 Å². The summed E-state index contributed by atoms with van der Waals surface area (Å²) < 4.78 is 13.1. The van der Waals surface area contributed by atoms with Gasteiger partial charge in [0, 0.05) is 12.1 Å². The summed E-state index contributed by atoms with van der Waals surface area (Å²) in [4.78, 5) is 8.66. The third kappa shape index (κ3) is 3.93. The summed E-state index contributed by atoms with van der Waals surface area (Å²) in [6.45, 7) is 0.305. The minimum absolute atomic E-state index is 0.292. The lowest BCUT2D eigenvalue weighted by Crippen LogP contribution is -2.13. The minimum Gasteiger partial charge on any atom is -0.387 e. The molecule has 0 fully saturated rings. The molecule has 0 bridgehead atoms. The molecule has 3 aromatic carbocycles. The summed E-state index contributed by atoms with van der Waals surface area (Å²) in [5.41, 5.74) is 2.26. The molecule has 4 rings (SSSR count). The van der Waals surface area contributed by atoms with Crippen LogP contribution in [0.25, 0.3) is 22.0 Å². The number of aliphatic hydroxyl groups is 1. The minimum atomic E-state index is -0.675. The van der Waals surface area contributed by atoms with Gasteiger partial charge in [-0.1, -0.05) is 36.4 Å². The Morgan fingerprint density at radius 2 is 1.70 bits per heavy atom. The number of fused-ring (bicyclic) bond motifs is 1. The molecule has 5 heteroatoms. The predicted octanol–water partition coefficient (Wildman–Crippen LogP) is 4.58. The van der Waals surface area contributed by atoms with Crippen LogP contribution < -0.4 is 5.32 Å². The molecule has 1 aromatic heterocycles. The number of hydrogen-bond donors (Lipinski definition) is 2. The van der Waals surface area contributed by atoms with Crippen molar-refractivity contribution in [2.45, 2.75) is 6.10 Å². The fourth-order valence-corrected chi connectivity index (χ4v) is 2.95. The highest BCUT2D eigenvalue weighted by Crippen LogP contribution is 2.22. The maximum Gasteiger partial charge on any atom is 0.145 e. The second kappa shape index (κ2) is 7.51. The Morgan fingerprint density at radius 3 is 2.52 bits per heavy atom. The number of halogens is 1. The van der Waals surface area contributed by atoms with Gasteiger partial charge in [0.15, 0.2) is 0 Å². The van der Waals surface area contributed by atoms with Crippen LogP contribution >= 0.6 is 0 Å². The molecule has 1 heterocycles. The first-order chi connectivity index (χ1) is 13.2. The molecule has 0 spiro atoms. The average Bonchev–Trinajstić information content (AvgIpc) is 2.72. The third-order valence-electron chi connectivity index (χ3n) is 4.41. The normalized spacial score (nSPS) is 12.1. The van der Waals surface area contributed by atoms with Crippen molar-refractivity contribution < 1.29 is 9.50 Å². The summed E-state index contributed by atoms with van der Waals surface area (Å²) in [7, 11) is 0. The summed E-state index contributed by atoms with van der Waals surface area (Å²) in [5.74, 6) is 0.260. The maximum atomic E-state index is 13.1.